The highest BCUT2D eigenvalue weighted by Crippen LogP contribution is 2.28. The maximum absolute atomic E-state index is 13.3. The van der Waals surface area contributed by atoms with Crippen LogP contribution in [0.15, 0.2) is 77.7 Å². The van der Waals surface area contributed by atoms with Crippen molar-refractivity contribution in [1.82, 2.24) is 14.5 Å². The van der Waals surface area contributed by atoms with Crippen LogP contribution in [0.25, 0.3) is 16.6 Å². The molecule has 0 atom stereocenters. The Hall–Kier alpha value is -3.03. The zero-order valence-electron chi connectivity index (χ0n) is 17.1. The molecule has 0 spiro atoms. The van der Waals surface area contributed by atoms with Crippen LogP contribution in [0, 0.1) is 0 Å². The van der Waals surface area contributed by atoms with E-state index in [1.165, 1.54) is 23.4 Å². The summed E-state index contributed by atoms with van der Waals surface area (Å²) in [6, 6.07) is 12.2. The molecule has 1 aromatic heterocycles. The molecule has 6 nitrogen and oxygen atoms in total. The second-order valence-corrected chi connectivity index (χ2v) is 7.89. The molecule has 0 aliphatic rings. The predicted octanol–water partition coefficient (Wildman–Crippen LogP) is 4.34. The largest absolute Gasteiger partial charge is 0.495 e. The number of hydrogen-bond acceptors (Lipinski definition) is 5. The summed E-state index contributed by atoms with van der Waals surface area (Å²) in [4.78, 5) is 32.3. The Balaban J connectivity index is 2.05. The summed E-state index contributed by atoms with van der Waals surface area (Å²) in [5.74, 6) is 0.503. The molecule has 0 N–H and O–H groups in total. The third-order valence-corrected chi connectivity index (χ3v) is 5.73. The molecule has 0 radical (unpaired) electrons. The molecule has 0 aliphatic heterocycles. The minimum atomic E-state index is -0.240. The van der Waals surface area contributed by atoms with Crippen LogP contribution in [0.2, 0.25) is 5.02 Å². The van der Waals surface area contributed by atoms with Gasteiger partial charge in [0.1, 0.15) is 5.75 Å². The molecule has 0 bridgehead atoms. The van der Waals surface area contributed by atoms with Crippen molar-refractivity contribution >= 4 is 40.2 Å². The Morgan fingerprint density at radius 2 is 1.94 bits per heavy atom. The van der Waals surface area contributed by atoms with Crippen molar-refractivity contribution in [3.05, 3.63) is 83.2 Å². The molecule has 3 rings (SSSR count). The van der Waals surface area contributed by atoms with E-state index in [0.29, 0.717) is 45.6 Å². The van der Waals surface area contributed by atoms with E-state index in [1.807, 2.05) is 6.07 Å². The molecule has 1 heterocycles. The lowest BCUT2D eigenvalue weighted by molar-refractivity contribution is -0.127. The van der Waals surface area contributed by atoms with Gasteiger partial charge in [-0.1, -0.05) is 47.6 Å². The molecular weight excluding hydrogens is 434 g/mol. The van der Waals surface area contributed by atoms with Crippen molar-refractivity contribution in [1.29, 1.82) is 0 Å². The number of benzene rings is 2. The highest BCUT2D eigenvalue weighted by atomic mass is 35.5. The lowest BCUT2D eigenvalue weighted by Gasteiger charge is -2.19. The molecule has 31 heavy (non-hydrogen) atoms. The van der Waals surface area contributed by atoms with E-state index < -0.39 is 0 Å². The summed E-state index contributed by atoms with van der Waals surface area (Å²) >= 11 is 7.49. The molecule has 0 saturated heterocycles. The van der Waals surface area contributed by atoms with Crippen molar-refractivity contribution in [3.63, 3.8) is 0 Å². The number of hydrogen-bond donors (Lipinski definition) is 0. The van der Waals surface area contributed by atoms with Crippen LogP contribution in [-0.2, 0) is 4.79 Å². The lowest BCUT2D eigenvalue weighted by Crippen LogP contribution is -2.33. The van der Waals surface area contributed by atoms with E-state index in [9.17, 15) is 9.59 Å². The smallest absolute Gasteiger partial charge is 0.266 e. The first kappa shape index (κ1) is 22.7. The van der Waals surface area contributed by atoms with E-state index in [1.54, 1.807) is 53.5 Å². The van der Waals surface area contributed by atoms with Crippen LogP contribution < -0.4 is 10.3 Å². The fourth-order valence-electron chi connectivity index (χ4n) is 3.04. The maximum atomic E-state index is 13.3. The fraction of sp³-hybridized carbons (Fsp3) is 0.174. The average Bonchev–Trinajstić information content (AvgIpc) is 2.77. The summed E-state index contributed by atoms with van der Waals surface area (Å²) < 4.78 is 6.68. The number of fused-ring (bicyclic) bond motifs is 1. The summed E-state index contributed by atoms with van der Waals surface area (Å²) in [7, 11) is 1.52. The molecule has 3 aromatic rings. The number of carbonyl (C=O) groups is 1. The molecule has 0 saturated carbocycles. The molecule has 0 unspecified atom stereocenters. The van der Waals surface area contributed by atoms with Crippen molar-refractivity contribution in [2.24, 2.45) is 0 Å². The second kappa shape index (κ2) is 10.3. The zero-order valence-corrected chi connectivity index (χ0v) is 18.7. The Morgan fingerprint density at radius 3 is 2.58 bits per heavy atom. The van der Waals surface area contributed by atoms with Crippen LogP contribution in [0.4, 0.5) is 0 Å². The van der Waals surface area contributed by atoms with Gasteiger partial charge in [-0.2, -0.15) is 0 Å². The van der Waals surface area contributed by atoms with Gasteiger partial charge < -0.3 is 9.64 Å². The number of para-hydroxylation sites is 1. The quantitative estimate of drug-likeness (QED) is 0.273. The standard InChI is InChI=1S/C23H22ClN3O3S/c1-4-12-26(13-5-2)21(28)15-31-23-25-19-9-7-6-8-17(19)22(29)27(23)16-10-11-20(30-3)18(24)14-16/h4-11,14H,1-2,12-13,15H2,3H3. The Bertz CT molecular complexity index is 1180. The molecule has 2 aromatic carbocycles. The van der Waals surface area contributed by atoms with Gasteiger partial charge in [-0.25, -0.2) is 4.98 Å². The summed E-state index contributed by atoms with van der Waals surface area (Å²) in [6.45, 7) is 8.21. The van der Waals surface area contributed by atoms with Gasteiger partial charge >= 0.3 is 0 Å². The Morgan fingerprint density at radius 1 is 1.23 bits per heavy atom. The lowest BCUT2D eigenvalue weighted by atomic mass is 10.2. The van der Waals surface area contributed by atoms with Gasteiger partial charge in [-0.15, -0.1) is 13.2 Å². The Kier molecular flexibility index (Phi) is 7.55. The Labute approximate surface area is 189 Å². The highest BCUT2D eigenvalue weighted by molar-refractivity contribution is 7.99. The normalized spacial score (nSPS) is 10.6. The van der Waals surface area contributed by atoms with Crippen LogP contribution in [0.5, 0.6) is 5.75 Å². The first-order valence-corrected chi connectivity index (χ1v) is 10.8. The van der Waals surface area contributed by atoms with Gasteiger partial charge in [0.05, 0.1) is 34.5 Å². The number of aromatic nitrogens is 2. The second-order valence-electron chi connectivity index (χ2n) is 6.54. The van der Waals surface area contributed by atoms with Gasteiger partial charge in [0.2, 0.25) is 5.91 Å². The fourth-order valence-corrected chi connectivity index (χ4v) is 4.21. The molecule has 0 fully saturated rings. The SMILES string of the molecule is C=CCN(CC=C)C(=O)CSc1nc2ccccc2c(=O)n1-c1ccc(OC)c(Cl)c1. The van der Waals surface area contributed by atoms with Crippen LogP contribution in [-0.4, -0.2) is 46.3 Å². The number of thioether (sulfide) groups is 1. The van der Waals surface area contributed by atoms with E-state index in [-0.39, 0.29) is 17.2 Å². The first-order valence-electron chi connectivity index (χ1n) is 9.48. The third-order valence-electron chi connectivity index (χ3n) is 4.51. The number of rotatable bonds is 9. The maximum Gasteiger partial charge on any atom is 0.266 e. The summed E-state index contributed by atoms with van der Waals surface area (Å²) in [6.07, 6.45) is 3.32. The van der Waals surface area contributed by atoms with Gasteiger partial charge in [0.25, 0.3) is 5.56 Å². The average molecular weight is 456 g/mol. The molecule has 0 aliphatic carbocycles. The van der Waals surface area contributed by atoms with Gasteiger partial charge in [-0.05, 0) is 30.3 Å². The van der Waals surface area contributed by atoms with Crippen LogP contribution >= 0.6 is 23.4 Å². The first-order chi connectivity index (χ1) is 15.0. The number of methoxy groups -OCH3 is 1. The van der Waals surface area contributed by atoms with Crippen molar-refractivity contribution in [3.8, 4) is 11.4 Å². The topological polar surface area (TPSA) is 64.4 Å². The number of carbonyl (C=O) groups excluding carboxylic acids is 1. The zero-order chi connectivity index (χ0) is 22.4. The molecular formula is C23H22ClN3O3S. The van der Waals surface area contributed by atoms with Gasteiger partial charge in [0, 0.05) is 13.1 Å². The number of amides is 1. The van der Waals surface area contributed by atoms with Crippen molar-refractivity contribution < 1.29 is 9.53 Å². The molecule has 1 amide bonds. The predicted molar refractivity (Wildman–Crippen MR) is 127 cm³/mol. The monoisotopic (exact) mass is 455 g/mol. The minimum absolute atomic E-state index is 0.105. The molecule has 160 valence electrons. The van der Waals surface area contributed by atoms with Crippen molar-refractivity contribution in [2.75, 3.05) is 26.0 Å². The van der Waals surface area contributed by atoms with Gasteiger partial charge in [-0.3, -0.25) is 14.2 Å². The third kappa shape index (κ3) is 5.00. The number of nitrogens with zero attached hydrogens (tertiary/aromatic N) is 3. The molecule has 8 heteroatoms. The van der Waals surface area contributed by atoms with Gasteiger partial charge in [0.15, 0.2) is 5.16 Å². The van der Waals surface area contributed by atoms with E-state index >= 15 is 0 Å². The van der Waals surface area contributed by atoms with E-state index in [4.69, 9.17) is 16.3 Å². The van der Waals surface area contributed by atoms with E-state index in [0.717, 1.165) is 0 Å². The minimum Gasteiger partial charge on any atom is -0.495 e. The van der Waals surface area contributed by atoms with Crippen LogP contribution in [0.3, 0.4) is 0 Å². The number of halogens is 1. The number of ether oxygens (including phenoxy) is 1. The van der Waals surface area contributed by atoms with Crippen molar-refractivity contribution in [2.45, 2.75) is 5.16 Å². The highest BCUT2D eigenvalue weighted by Gasteiger charge is 2.17. The summed E-state index contributed by atoms with van der Waals surface area (Å²) in [5.41, 5.74) is 0.862. The van der Waals surface area contributed by atoms with E-state index in [2.05, 4.69) is 18.1 Å². The summed E-state index contributed by atoms with van der Waals surface area (Å²) in [5, 5.41) is 1.25. The van der Waals surface area contributed by atoms with Crippen LogP contribution in [0.1, 0.15) is 0 Å².